The van der Waals surface area contributed by atoms with Crippen LogP contribution in [0.25, 0.3) is 0 Å². The maximum atomic E-state index is 10.3. The van der Waals surface area contributed by atoms with Gasteiger partial charge in [0, 0.05) is 5.56 Å². The van der Waals surface area contributed by atoms with Gasteiger partial charge < -0.3 is 4.42 Å². The number of carbonyl (C=O) groups excluding carboxylic acids is 1. The molecule has 0 saturated heterocycles. The quantitative estimate of drug-likeness (QED) is 0.585. The summed E-state index contributed by atoms with van der Waals surface area (Å²) in [4.78, 5) is 10.3. The van der Waals surface area contributed by atoms with Crippen LogP contribution in [0.2, 0.25) is 0 Å². The molecule has 0 atom stereocenters. The fourth-order valence-corrected chi connectivity index (χ4v) is 0.934. The van der Waals surface area contributed by atoms with Gasteiger partial charge >= 0.3 is 0 Å². The summed E-state index contributed by atoms with van der Waals surface area (Å²) in [6, 6.07) is 0. The first kappa shape index (κ1) is 7.06. The van der Waals surface area contributed by atoms with Gasteiger partial charge in [0.05, 0.1) is 6.26 Å². The van der Waals surface area contributed by atoms with Gasteiger partial charge in [-0.2, -0.15) is 0 Å². The summed E-state index contributed by atoms with van der Waals surface area (Å²) in [5.41, 5.74) is 2.08. The largest absolute Gasteiger partial charge is 0.461 e. The van der Waals surface area contributed by atoms with Gasteiger partial charge in [0.25, 0.3) is 0 Å². The Morgan fingerprint density at radius 1 is 1.70 bits per heavy atom. The zero-order valence-corrected chi connectivity index (χ0v) is 6.18. The number of hydrogen-bond donors (Lipinski definition) is 0. The molecule has 0 saturated carbocycles. The van der Waals surface area contributed by atoms with Crippen LogP contribution < -0.4 is 0 Å². The van der Waals surface area contributed by atoms with E-state index in [9.17, 15) is 4.79 Å². The smallest absolute Gasteiger partial charge is 0.185 e. The van der Waals surface area contributed by atoms with Gasteiger partial charge in [-0.25, -0.2) is 0 Å². The van der Waals surface area contributed by atoms with Gasteiger partial charge in [0.15, 0.2) is 12.0 Å². The monoisotopic (exact) mass is 138 g/mol. The van der Waals surface area contributed by atoms with Crippen LogP contribution in [0.1, 0.15) is 28.6 Å². The molecule has 54 valence electrons. The summed E-state index contributed by atoms with van der Waals surface area (Å²) in [7, 11) is 0. The third kappa shape index (κ3) is 0.967. The van der Waals surface area contributed by atoms with Crippen LogP contribution in [-0.4, -0.2) is 6.29 Å². The Kier molecular flexibility index (Phi) is 1.90. The van der Waals surface area contributed by atoms with Crippen LogP contribution in [0.3, 0.4) is 0 Å². The molecule has 0 amide bonds. The molecule has 1 heterocycles. The molecule has 1 aromatic heterocycles. The van der Waals surface area contributed by atoms with E-state index >= 15 is 0 Å². The molecule has 0 aliphatic heterocycles. The van der Waals surface area contributed by atoms with Gasteiger partial charge in [0.1, 0.15) is 0 Å². The summed E-state index contributed by atoms with van der Waals surface area (Å²) >= 11 is 0. The van der Waals surface area contributed by atoms with E-state index < -0.39 is 0 Å². The summed E-state index contributed by atoms with van der Waals surface area (Å²) in [5.74, 6) is 0.455. The summed E-state index contributed by atoms with van der Waals surface area (Å²) in [5, 5.41) is 0. The van der Waals surface area contributed by atoms with Crippen LogP contribution in [0.15, 0.2) is 10.7 Å². The van der Waals surface area contributed by atoms with Gasteiger partial charge in [-0.1, -0.05) is 6.92 Å². The normalized spacial score (nSPS) is 9.80. The van der Waals surface area contributed by atoms with Crippen molar-refractivity contribution < 1.29 is 9.21 Å². The average Bonchev–Trinajstić information content (AvgIpc) is 2.30. The highest BCUT2D eigenvalue weighted by Crippen LogP contribution is 2.14. The standard InChI is InChI=1S/C8H10O2/c1-3-7-5-10-8(4-9)6(7)2/h4-5H,3H2,1-2H3. The van der Waals surface area contributed by atoms with E-state index in [2.05, 4.69) is 0 Å². The highest BCUT2D eigenvalue weighted by Gasteiger charge is 2.05. The summed E-state index contributed by atoms with van der Waals surface area (Å²) in [6.45, 7) is 3.93. The topological polar surface area (TPSA) is 30.2 Å². The van der Waals surface area contributed by atoms with E-state index in [0.717, 1.165) is 23.8 Å². The lowest BCUT2D eigenvalue weighted by molar-refractivity contribution is 0.110. The zero-order valence-electron chi connectivity index (χ0n) is 6.18. The number of hydrogen-bond acceptors (Lipinski definition) is 2. The van der Waals surface area contributed by atoms with Crippen molar-refractivity contribution in [1.82, 2.24) is 0 Å². The Labute approximate surface area is 59.8 Å². The Balaban J connectivity index is 3.08. The Hall–Kier alpha value is -1.05. The lowest BCUT2D eigenvalue weighted by Gasteiger charge is -1.88. The van der Waals surface area contributed by atoms with E-state index in [0.29, 0.717) is 5.76 Å². The molecule has 0 fully saturated rings. The van der Waals surface area contributed by atoms with Crippen LogP contribution in [-0.2, 0) is 6.42 Å². The minimum Gasteiger partial charge on any atom is -0.461 e. The van der Waals surface area contributed by atoms with Gasteiger partial charge in [0.2, 0.25) is 0 Å². The lowest BCUT2D eigenvalue weighted by atomic mass is 10.1. The maximum Gasteiger partial charge on any atom is 0.185 e. The highest BCUT2D eigenvalue weighted by molar-refractivity contribution is 5.73. The van der Waals surface area contributed by atoms with E-state index in [4.69, 9.17) is 4.42 Å². The second-order valence-electron chi connectivity index (χ2n) is 2.22. The van der Waals surface area contributed by atoms with Crippen LogP contribution in [0, 0.1) is 6.92 Å². The van der Waals surface area contributed by atoms with Crippen LogP contribution in [0.5, 0.6) is 0 Å². The molecule has 2 nitrogen and oxygen atoms in total. The van der Waals surface area contributed by atoms with Crippen molar-refractivity contribution >= 4 is 6.29 Å². The molecule has 2 heteroatoms. The molecule has 0 radical (unpaired) electrons. The molecule has 0 spiro atoms. The highest BCUT2D eigenvalue weighted by atomic mass is 16.3. The van der Waals surface area contributed by atoms with Gasteiger partial charge in [-0.05, 0) is 18.9 Å². The third-order valence-electron chi connectivity index (χ3n) is 1.67. The average molecular weight is 138 g/mol. The van der Waals surface area contributed by atoms with Crippen molar-refractivity contribution in [3.8, 4) is 0 Å². The Bertz CT molecular complexity index is 235. The molecule has 1 aromatic rings. The van der Waals surface area contributed by atoms with Crippen molar-refractivity contribution in [3.63, 3.8) is 0 Å². The fraction of sp³-hybridized carbons (Fsp3) is 0.375. The van der Waals surface area contributed by atoms with Crippen LogP contribution >= 0.6 is 0 Å². The molecule has 0 bridgehead atoms. The second-order valence-corrected chi connectivity index (χ2v) is 2.22. The fourth-order valence-electron chi connectivity index (χ4n) is 0.934. The zero-order chi connectivity index (χ0) is 7.56. The van der Waals surface area contributed by atoms with Gasteiger partial charge in [-0.15, -0.1) is 0 Å². The lowest BCUT2D eigenvalue weighted by Crippen LogP contribution is -1.82. The Morgan fingerprint density at radius 2 is 2.40 bits per heavy atom. The van der Waals surface area contributed by atoms with E-state index in [1.807, 2.05) is 13.8 Å². The number of carbonyl (C=O) groups is 1. The number of rotatable bonds is 2. The van der Waals surface area contributed by atoms with E-state index in [-0.39, 0.29) is 0 Å². The van der Waals surface area contributed by atoms with Crippen LogP contribution in [0.4, 0.5) is 0 Å². The predicted molar refractivity (Wildman–Crippen MR) is 38.2 cm³/mol. The number of furan rings is 1. The molecule has 0 aromatic carbocycles. The minimum absolute atomic E-state index is 0.455. The molecule has 0 aliphatic carbocycles. The van der Waals surface area contributed by atoms with Crippen molar-refractivity contribution in [2.45, 2.75) is 20.3 Å². The van der Waals surface area contributed by atoms with Crippen molar-refractivity contribution in [2.75, 3.05) is 0 Å². The maximum absolute atomic E-state index is 10.3. The molecule has 10 heavy (non-hydrogen) atoms. The number of aryl methyl sites for hydroxylation is 1. The molecule has 0 unspecified atom stereocenters. The molecule has 1 rings (SSSR count). The van der Waals surface area contributed by atoms with E-state index in [1.165, 1.54) is 0 Å². The van der Waals surface area contributed by atoms with Gasteiger partial charge in [-0.3, -0.25) is 4.79 Å². The molecular weight excluding hydrogens is 128 g/mol. The molecule has 0 N–H and O–H groups in total. The predicted octanol–water partition coefficient (Wildman–Crippen LogP) is 1.96. The minimum atomic E-state index is 0.455. The van der Waals surface area contributed by atoms with Crippen molar-refractivity contribution in [2.24, 2.45) is 0 Å². The Morgan fingerprint density at radius 3 is 2.70 bits per heavy atom. The third-order valence-corrected chi connectivity index (χ3v) is 1.67. The van der Waals surface area contributed by atoms with E-state index in [1.54, 1.807) is 6.26 Å². The molecule has 0 aliphatic rings. The SMILES string of the molecule is CCc1coc(C=O)c1C. The van der Waals surface area contributed by atoms with Crippen molar-refractivity contribution in [3.05, 3.63) is 23.2 Å². The first-order valence-corrected chi connectivity index (χ1v) is 3.31. The first-order chi connectivity index (χ1) is 4.79. The number of aldehydes is 1. The second kappa shape index (κ2) is 2.69. The van der Waals surface area contributed by atoms with Crippen molar-refractivity contribution in [1.29, 1.82) is 0 Å². The summed E-state index contributed by atoms with van der Waals surface area (Å²) < 4.78 is 4.97. The first-order valence-electron chi connectivity index (χ1n) is 3.31. The summed E-state index contributed by atoms with van der Waals surface area (Å²) in [6.07, 6.45) is 3.30. The molecular formula is C8H10O2.